The molecule has 1 aromatic carbocycles. The fraction of sp³-hybridized carbons (Fsp3) is 0.533. The zero-order valence-corrected chi connectivity index (χ0v) is 13.0. The molecule has 20 heavy (non-hydrogen) atoms. The Morgan fingerprint density at radius 2 is 2.20 bits per heavy atom. The molecule has 5 heteroatoms. The first kappa shape index (κ1) is 17.0. The highest BCUT2D eigenvalue weighted by Gasteiger charge is 2.13. The number of nitriles is 1. The summed E-state index contributed by atoms with van der Waals surface area (Å²) in [5.74, 6) is 0. The first-order valence-electron chi connectivity index (χ1n) is 6.66. The number of nitrogens with one attached hydrogen (secondary N) is 1. The van der Waals surface area contributed by atoms with Crippen molar-refractivity contribution in [3.05, 3.63) is 29.3 Å². The summed E-state index contributed by atoms with van der Waals surface area (Å²) >= 11 is 1.53. The summed E-state index contributed by atoms with van der Waals surface area (Å²) in [7, 11) is 1.67. The first-order valence-corrected chi connectivity index (χ1v) is 7.53. The molecule has 0 aliphatic carbocycles. The van der Waals surface area contributed by atoms with Crippen molar-refractivity contribution in [3.8, 4) is 6.07 Å². The third-order valence-corrected chi connectivity index (χ3v) is 4.34. The van der Waals surface area contributed by atoms with Gasteiger partial charge in [0.25, 0.3) is 0 Å². The zero-order valence-electron chi connectivity index (χ0n) is 12.2. The fourth-order valence-corrected chi connectivity index (χ4v) is 2.56. The summed E-state index contributed by atoms with van der Waals surface area (Å²) in [6, 6.07) is 8.09. The van der Waals surface area contributed by atoms with Crippen LogP contribution >= 0.6 is 11.8 Å². The van der Waals surface area contributed by atoms with E-state index in [0.29, 0.717) is 12.2 Å². The summed E-state index contributed by atoms with van der Waals surface area (Å²) in [5.41, 5.74) is 1.74. The SMILES string of the molecule is COCCNCc1ccc(SC(C)C(C)O)c(C#N)c1. The number of hydrogen-bond acceptors (Lipinski definition) is 5. The molecule has 0 spiro atoms. The van der Waals surface area contributed by atoms with Crippen molar-refractivity contribution in [2.75, 3.05) is 20.3 Å². The minimum atomic E-state index is -0.401. The molecule has 0 heterocycles. The molecule has 0 radical (unpaired) electrons. The zero-order chi connectivity index (χ0) is 15.0. The van der Waals surface area contributed by atoms with Gasteiger partial charge in [0.05, 0.1) is 18.3 Å². The lowest BCUT2D eigenvalue weighted by Gasteiger charge is -2.15. The van der Waals surface area contributed by atoms with E-state index in [1.807, 2.05) is 25.1 Å². The van der Waals surface area contributed by atoms with Crippen molar-refractivity contribution in [1.29, 1.82) is 5.26 Å². The van der Waals surface area contributed by atoms with Crippen LogP contribution in [-0.2, 0) is 11.3 Å². The number of thioether (sulfide) groups is 1. The van der Waals surface area contributed by atoms with Crippen LogP contribution in [0.25, 0.3) is 0 Å². The molecule has 2 N–H and O–H groups in total. The number of benzene rings is 1. The number of ether oxygens (including phenoxy) is 1. The number of hydrogen-bond donors (Lipinski definition) is 2. The van der Waals surface area contributed by atoms with Gasteiger partial charge in [0.15, 0.2) is 0 Å². The van der Waals surface area contributed by atoms with Crippen LogP contribution in [0.3, 0.4) is 0 Å². The van der Waals surface area contributed by atoms with Gasteiger partial charge < -0.3 is 15.2 Å². The maximum atomic E-state index is 9.54. The van der Waals surface area contributed by atoms with Gasteiger partial charge in [-0.15, -0.1) is 11.8 Å². The molecule has 110 valence electrons. The van der Waals surface area contributed by atoms with Crippen LogP contribution in [-0.4, -0.2) is 36.7 Å². The van der Waals surface area contributed by atoms with Gasteiger partial charge in [-0.1, -0.05) is 13.0 Å². The Labute approximate surface area is 125 Å². The molecule has 2 unspecified atom stereocenters. The lowest BCUT2D eigenvalue weighted by molar-refractivity contribution is 0.196. The molecule has 0 aromatic heterocycles. The predicted octanol–water partition coefficient (Wildman–Crippen LogP) is 2.16. The quantitative estimate of drug-likeness (QED) is 0.568. The van der Waals surface area contributed by atoms with Crippen LogP contribution in [0.2, 0.25) is 0 Å². The molecule has 1 aromatic rings. The van der Waals surface area contributed by atoms with E-state index in [1.54, 1.807) is 14.0 Å². The number of rotatable bonds is 8. The standard InChI is InChI=1S/C15H22N2O2S/c1-11(18)12(2)20-15-5-4-13(8-14(15)9-16)10-17-6-7-19-3/h4-5,8,11-12,17-18H,6-7,10H2,1-3H3. The highest BCUT2D eigenvalue weighted by Crippen LogP contribution is 2.28. The lowest BCUT2D eigenvalue weighted by atomic mass is 10.1. The predicted molar refractivity (Wildman–Crippen MR) is 81.7 cm³/mol. The third kappa shape index (κ3) is 5.51. The van der Waals surface area contributed by atoms with E-state index in [2.05, 4.69) is 11.4 Å². The molecule has 0 aliphatic rings. The Balaban J connectivity index is 2.68. The van der Waals surface area contributed by atoms with E-state index >= 15 is 0 Å². The van der Waals surface area contributed by atoms with E-state index in [-0.39, 0.29) is 5.25 Å². The Hall–Kier alpha value is -1.06. The average molecular weight is 294 g/mol. The second-order valence-corrected chi connectivity index (χ2v) is 6.09. The molecule has 0 amide bonds. The Morgan fingerprint density at radius 1 is 1.45 bits per heavy atom. The lowest BCUT2D eigenvalue weighted by Crippen LogP contribution is -2.18. The molecular weight excluding hydrogens is 272 g/mol. The molecule has 1 rings (SSSR count). The molecule has 2 atom stereocenters. The van der Waals surface area contributed by atoms with Gasteiger partial charge in [0.2, 0.25) is 0 Å². The Bertz CT molecular complexity index is 458. The maximum absolute atomic E-state index is 9.54. The van der Waals surface area contributed by atoms with Gasteiger partial charge in [-0.2, -0.15) is 5.26 Å². The molecule has 0 saturated heterocycles. The summed E-state index contributed by atoms with van der Waals surface area (Å²) in [6.45, 7) is 5.89. The maximum Gasteiger partial charge on any atom is 0.100 e. The van der Waals surface area contributed by atoms with Crippen LogP contribution < -0.4 is 5.32 Å². The van der Waals surface area contributed by atoms with E-state index in [4.69, 9.17) is 4.74 Å². The molecule has 0 fully saturated rings. The smallest absolute Gasteiger partial charge is 0.100 e. The number of aliphatic hydroxyl groups excluding tert-OH is 1. The van der Waals surface area contributed by atoms with Gasteiger partial charge >= 0.3 is 0 Å². The van der Waals surface area contributed by atoms with Crippen molar-refractivity contribution in [1.82, 2.24) is 5.32 Å². The summed E-state index contributed by atoms with van der Waals surface area (Å²) < 4.78 is 4.97. The van der Waals surface area contributed by atoms with Gasteiger partial charge in [-0.05, 0) is 24.6 Å². The van der Waals surface area contributed by atoms with Crippen LogP contribution in [0, 0.1) is 11.3 Å². The van der Waals surface area contributed by atoms with Crippen LogP contribution in [0.4, 0.5) is 0 Å². The fourth-order valence-electron chi connectivity index (χ4n) is 1.58. The largest absolute Gasteiger partial charge is 0.392 e. The first-order chi connectivity index (χ1) is 9.58. The van der Waals surface area contributed by atoms with E-state index in [0.717, 1.165) is 23.5 Å². The summed E-state index contributed by atoms with van der Waals surface area (Å²) in [4.78, 5) is 0.918. The monoisotopic (exact) mass is 294 g/mol. The number of aliphatic hydroxyl groups is 1. The topological polar surface area (TPSA) is 65.3 Å². The van der Waals surface area contributed by atoms with Gasteiger partial charge in [-0.3, -0.25) is 0 Å². The van der Waals surface area contributed by atoms with Crippen LogP contribution in [0.5, 0.6) is 0 Å². The molecule has 4 nitrogen and oxygen atoms in total. The molecule has 0 saturated carbocycles. The molecule has 0 bridgehead atoms. The molecule has 0 aliphatic heterocycles. The number of nitrogens with zero attached hydrogens (tertiary/aromatic N) is 1. The van der Waals surface area contributed by atoms with E-state index in [1.165, 1.54) is 11.8 Å². The highest BCUT2D eigenvalue weighted by molar-refractivity contribution is 8.00. The summed E-state index contributed by atoms with van der Waals surface area (Å²) in [6.07, 6.45) is -0.401. The third-order valence-electron chi connectivity index (χ3n) is 2.97. The van der Waals surface area contributed by atoms with Crippen LogP contribution in [0.1, 0.15) is 25.0 Å². The second-order valence-electron chi connectivity index (χ2n) is 4.68. The highest BCUT2D eigenvalue weighted by atomic mass is 32.2. The van der Waals surface area contributed by atoms with Crippen molar-refractivity contribution < 1.29 is 9.84 Å². The molecular formula is C15H22N2O2S. The van der Waals surface area contributed by atoms with Crippen molar-refractivity contribution in [3.63, 3.8) is 0 Å². The minimum absolute atomic E-state index is 0.0628. The second kappa shape index (κ2) is 8.98. The normalized spacial score (nSPS) is 13.8. The van der Waals surface area contributed by atoms with Gasteiger partial charge in [-0.25, -0.2) is 0 Å². The van der Waals surface area contributed by atoms with Crippen molar-refractivity contribution in [2.45, 2.75) is 36.6 Å². The average Bonchev–Trinajstić information content (AvgIpc) is 2.44. The summed E-state index contributed by atoms with van der Waals surface area (Å²) in [5, 5.41) is 22.1. The van der Waals surface area contributed by atoms with Crippen LogP contribution in [0.15, 0.2) is 23.1 Å². The minimum Gasteiger partial charge on any atom is -0.392 e. The van der Waals surface area contributed by atoms with E-state index < -0.39 is 6.10 Å². The van der Waals surface area contributed by atoms with Crippen molar-refractivity contribution in [2.24, 2.45) is 0 Å². The van der Waals surface area contributed by atoms with E-state index in [9.17, 15) is 10.4 Å². The number of methoxy groups -OCH3 is 1. The van der Waals surface area contributed by atoms with Gasteiger partial charge in [0.1, 0.15) is 6.07 Å². The Kier molecular flexibility index (Phi) is 7.63. The van der Waals surface area contributed by atoms with Crippen molar-refractivity contribution >= 4 is 11.8 Å². The Morgan fingerprint density at radius 3 is 2.80 bits per heavy atom. The van der Waals surface area contributed by atoms with Gasteiger partial charge in [0, 0.05) is 30.3 Å².